The van der Waals surface area contributed by atoms with Crippen LogP contribution in [0.1, 0.15) is 20.8 Å². The second kappa shape index (κ2) is 12.4. The Kier molecular flexibility index (Phi) is 8.63. The van der Waals surface area contributed by atoms with E-state index in [0.717, 1.165) is 18.0 Å². The van der Waals surface area contributed by atoms with E-state index >= 15 is 0 Å². The van der Waals surface area contributed by atoms with Crippen LogP contribution in [0.25, 0.3) is 11.0 Å². The predicted octanol–water partition coefficient (Wildman–Crippen LogP) is 4.91. The van der Waals surface area contributed by atoms with E-state index in [9.17, 15) is 9.59 Å². The monoisotopic (exact) mass is 601 g/mol. The molecular formula is C32H39N7O5. The van der Waals surface area contributed by atoms with Gasteiger partial charge in [-0.05, 0) is 77.3 Å². The largest absolute Gasteiger partial charge is 0.494 e. The number of nitrogens with one attached hydrogen (secondary N) is 1. The fourth-order valence-electron chi connectivity index (χ4n) is 4.94. The molecule has 232 valence electrons. The van der Waals surface area contributed by atoms with Crippen molar-refractivity contribution in [3.05, 3.63) is 65.1 Å². The van der Waals surface area contributed by atoms with Gasteiger partial charge in [-0.25, -0.2) is 9.78 Å². The molecule has 2 aromatic carbocycles. The smallest absolute Gasteiger partial charge is 0.415 e. The molecule has 0 saturated carbocycles. The van der Waals surface area contributed by atoms with Crippen molar-refractivity contribution in [3.63, 3.8) is 0 Å². The second-order valence-electron chi connectivity index (χ2n) is 11.8. The molecule has 0 bridgehead atoms. The Morgan fingerprint density at radius 2 is 1.82 bits per heavy atom. The van der Waals surface area contributed by atoms with Crippen LogP contribution < -0.4 is 30.1 Å². The fourth-order valence-corrected chi connectivity index (χ4v) is 4.94. The van der Waals surface area contributed by atoms with E-state index in [0.29, 0.717) is 59.5 Å². The average Bonchev–Trinajstić information content (AvgIpc) is 2.98. The lowest BCUT2D eigenvalue weighted by Gasteiger charge is -2.38. The molecular weight excluding hydrogens is 562 g/mol. The second-order valence-corrected chi connectivity index (χ2v) is 11.8. The number of hydrogen-bond donors (Lipinski definition) is 1. The SMILES string of the molecule is COc1cccc2c1N(C(=O)OC(C)(C)C)CCN2c1cc2cnc(Nc3ccc(OCCN(C)C)cc3)nc2n(C)c1=O. The van der Waals surface area contributed by atoms with Gasteiger partial charge in [-0.2, -0.15) is 4.98 Å². The van der Waals surface area contributed by atoms with Gasteiger partial charge in [0, 0.05) is 44.0 Å². The molecule has 12 heteroatoms. The number of fused-ring (bicyclic) bond motifs is 2. The summed E-state index contributed by atoms with van der Waals surface area (Å²) in [6.45, 7) is 7.57. The number of methoxy groups -OCH3 is 1. The highest BCUT2D eigenvalue weighted by Gasteiger charge is 2.34. The standard InChI is InChI=1S/C32H39N7O5/c1-32(2,3)44-31(41)39-16-15-38(24-9-8-10-26(42-7)27(24)39)25-19-21-20-33-30(35-28(21)37(6)29(25)40)34-22-11-13-23(14-12-22)43-18-17-36(4)5/h8-14,19-20H,15-18H2,1-7H3,(H,33,34,35). The number of pyridine rings is 1. The number of rotatable bonds is 8. The van der Waals surface area contributed by atoms with Crippen LogP contribution in [-0.2, 0) is 11.8 Å². The number of aromatic nitrogens is 3. The number of nitrogens with zero attached hydrogens (tertiary/aromatic N) is 6. The van der Waals surface area contributed by atoms with Crippen molar-refractivity contribution in [2.45, 2.75) is 26.4 Å². The van der Waals surface area contributed by atoms with E-state index in [1.165, 1.54) is 4.57 Å². The molecule has 0 saturated heterocycles. The number of aryl methyl sites for hydroxylation is 1. The Morgan fingerprint density at radius 1 is 1.07 bits per heavy atom. The molecule has 0 aliphatic carbocycles. The molecule has 1 N–H and O–H groups in total. The van der Waals surface area contributed by atoms with Gasteiger partial charge in [0.1, 0.15) is 40.7 Å². The van der Waals surface area contributed by atoms with Gasteiger partial charge in [0.15, 0.2) is 0 Å². The maximum atomic E-state index is 13.8. The Balaban J connectivity index is 1.43. The zero-order chi connectivity index (χ0) is 31.6. The first-order valence-electron chi connectivity index (χ1n) is 14.4. The van der Waals surface area contributed by atoms with Gasteiger partial charge in [-0.1, -0.05) is 6.07 Å². The molecule has 1 aliphatic rings. The molecule has 12 nitrogen and oxygen atoms in total. The molecule has 2 aromatic heterocycles. The molecule has 44 heavy (non-hydrogen) atoms. The maximum Gasteiger partial charge on any atom is 0.415 e. The molecule has 1 aliphatic heterocycles. The maximum absolute atomic E-state index is 13.8. The molecule has 0 unspecified atom stereocenters. The highest BCUT2D eigenvalue weighted by atomic mass is 16.6. The van der Waals surface area contributed by atoms with Crippen LogP contribution >= 0.6 is 0 Å². The number of amides is 1. The van der Waals surface area contributed by atoms with E-state index in [1.54, 1.807) is 37.4 Å². The van der Waals surface area contributed by atoms with Gasteiger partial charge in [-0.3, -0.25) is 14.3 Å². The summed E-state index contributed by atoms with van der Waals surface area (Å²) in [7, 11) is 7.24. The number of carbonyl (C=O) groups is 1. The molecule has 0 radical (unpaired) electrons. The first-order chi connectivity index (χ1) is 20.9. The molecule has 4 aromatic rings. The summed E-state index contributed by atoms with van der Waals surface area (Å²) >= 11 is 0. The fraction of sp³-hybridized carbons (Fsp3) is 0.375. The van der Waals surface area contributed by atoms with Crippen molar-refractivity contribution < 1.29 is 19.0 Å². The van der Waals surface area contributed by atoms with Crippen LogP contribution in [0.2, 0.25) is 0 Å². The Labute approximate surface area is 256 Å². The van der Waals surface area contributed by atoms with Gasteiger partial charge < -0.3 is 29.3 Å². The zero-order valence-corrected chi connectivity index (χ0v) is 26.2. The van der Waals surface area contributed by atoms with E-state index in [2.05, 4.69) is 20.2 Å². The first kappa shape index (κ1) is 30.6. The zero-order valence-electron chi connectivity index (χ0n) is 26.2. The summed E-state index contributed by atoms with van der Waals surface area (Å²) in [4.78, 5) is 41.6. The van der Waals surface area contributed by atoms with Crippen LogP contribution in [0.3, 0.4) is 0 Å². The molecule has 1 amide bonds. The molecule has 0 atom stereocenters. The third-order valence-electron chi connectivity index (χ3n) is 7.06. The summed E-state index contributed by atoms with van der Waals surface area (Å²) < 4.78 is 18.6. The molecule has 0 fully saturated rings. The van der Waals surface area contributed by atoms with Crippen molar-refractivity contribution in [2.75, 3.05) is 62.6 Å². The van der Waals surface area contributed by atoms with Crippen LogP contribution in [0, 0.1) is 0 Å². The van der Waals surface area contributed by atoms with Gasteiger partial charge in [0.25, 0.3) is 5.56 Å². The number of anilines is 5. The van der Waals surface area contributed by atoms with Crippen molar-refractivity contribution in [2.24, 2.45) is 7.05 Å². The Hall–Kier alpha value is -4.84. The minimum Gasteiger partial charge on any atom is -0.494 e. The molecule has 3 heterocycles. The normalized spacial score (nSPS) is 13.2. The van der Waals surface area contributed by atoms with Crippen molar-refractivity contribution in [1.82, 2.24) is 19.4 Å². The number of likely N-dealkylation sites (N-methyl/N-ethyl adjacent to an activating group) is 1. The number of hydrogen-bond acceptors (Lipinski definition) is 10. The number of benzene rings is 2. The molecule has 0 spiro atoms. The third-order valence-corrected chi connectivity index (χ3v) is 7.06. The quantitative estimate of drug-likeness (QED) is 0.299. The third kappa shape index (κ3) is 6.55. The summed E-state index contributed by atoms with van der Waals surface area (Å²) in [5, 5.41) is 3.90. The van der Waals surface area contributed by atoms with Crippen molar-refractivity contribution >= 4 is 45.8 Å². The van der Waals surface area contributed by atoms with Crippen molar-refractivity contribution in [3.8, 4) is 11.5 Å². The average molecular weight is 602 g/mol. The summed E-state index contributed by atoms with van der Waals surface area (Å²) in [6.07, 6.45) is 1.21. The topological polar surface area (TPSA) is 114 Å². The van der Waals surface area contributed by atoms with E-state index in [-0.39, 0.29) is 5.56 Å². The van der Waals surface area contributed by atoms with Crippen LogP contribution in [0.4, 0.5) is 33.5 Å². The first-order valence-corrected chi connectivity index (χ1v) is 14.4. The number of carbonyl (C=O) groups excluding carboxylic acids is 1. The summed E-state index contributed by atoms with van der Waals surface area (Å²) in [6, 6.07) is 14.8. The number of ether oxygens (including phenoxy) is 3. The highest BCUT2D eigenvalue weighted by molar-refractivity contribution is 5.98. The van der Waals surface area contributed by atoms with Gasteiger partial charge in [-0.15, -0.1) is 0 Å². The van der Waals surface area contributed by atoms with E-state index in [1.807, 2.05) is 76.2 Å². The lowest BCUT2D eigenvalue weighted by molar-refractivity contribution is 0.0579. The summed E-state index contributed by atoms with van der Waals surface area (Å²) in [5.41, 5.74) is 2.02. The Bertz CT molecular complexity index is 1710. The highest BCUT2D eigenvalue weighted by Crippen LogP contribution is 2.43. The molecule has 5 rings (SSSR count). The van der Waals surface area contributed by atoms with Gasteiger partial charge in [0.05, 0.1) is 12.8 Å². The van der Waals surface area contributed by atoms with Gasteiger partial charge in [0.2, 0.25) is 5.95 Å². The van der Waals surface area contributed by atoms with Gasteiger partial charge >= 0.3 is 6.09 Å². The van der Waals surface area contributed by atoms with E-state index < -0.39 is 11.7 Å². The van der Waals surface area contributed by atoms with Crippen LogP contribution in [-0.4, -0.2) is 78.6 Å². The van der Waals surface area contributed by atoms with E-state index in [4.69, 9.17) is 14.2 Å². The van der Waals surface area contributed by atoms with Crippen LogP contribution in [0.15, 0.2) is 59.5 Å². The Morgan fingerprint density at radius 3 is 2.50 bits per heavy atom. The predicted molar refractivity (Wildman–Crippen MR) is 172 cm³/mol. The lowest BCUT2D eigenvalue weighted by Crippen LogP contribution is -2.46. The van der Waals surface area contributed by atoms with Crippen LogP contribution in [0.5, 0.6) is 11.5 Å². The minimum atomic E-state index is -0.665. The lowest BCUT2D eigenvalue weighted by atomic mass is 10.1. The number of para-hydroxylation sites is 1. The summed E-state index contributed by atoms with van der Waals surface area (Å²) in [5.74, 6) is 1.64. The minimum absolute atomic E-state index is 0.235. The van der Waals surface area contributed by atoms with Crippen molar-refractivity contribution in [1.29, 1.82) is 0 Å².